The van der Waals surface area contributed by atoms with Crippen molar-refractivity contribution >= 4 is 5.91 Å². The summed E-state index contributed by atoms with van der Waals surface area (Å²) in [4.78, 5) is 14.2. The van der Waals surface area contributed by atoms with Gasteiger partial charge in [0.1, 0.15) is 0 Å². The van der Waals surface area contributed by atoms with Crippen LogP contribution < -0.4 is 0 Å². The minimum absolute atomic E-state index is 0.0572. The number of β-amino-alcohol motifs (C(OH)–C–C–N with tert-alkyl or cyclic N) is 1. The number of carbonyl (C=O) groups excluding carboxylic acids is 1. The number of nitrogens with one attached hydrogen (secondary N) is 1. The van der Waals surface area contributed by atoms with Gasteiger partial charge in [-0.2, -0.15) is 18.3 Å². The number of aryl methyl sites for hydroxylation is 1. The summed E-state index contributed by atoms with van der Waals surface area (Å²) in [5.41, 5.74) is -0.306. The van der Waals surface area contributed by atoms with E-state index in [9.17, 15) is 23.1 Å². The lowest BCUT2D eigenvalue weighted by Crippen LogP contribution is -2.48. The van der Waals surface area contributed by atoms with Gasteiger partial charge in [0.2, 0.25) is 5.91 Å². The highest BCUT2D eigenvalue weighted by atomic mass is 19.4. The maximum atomic E-state index is 13.0. The molecular formula is C15H20F3N3O2. The molecule has 3 rings (SSSR count). The van der Waals surface area contributed by atoms with Crippen LogP contribution in [0.5, 0.6) is 0 Å². The van der Waals surface area contributed by atoms with Gasteiger partial charge in [-0.1, -0.05) is 6.92 Å². The molecule has 0 aromatic carbocycles. The first-order chi connectivity index (χ1) is 10.8. The first kappa shape index (κ1) is 16.3. The third-order valence-corrected chi connectivity index (χ3v) is 4.99. The van der Waals surface area contributed by atoms with Gasteiger partial charge in [-0.3, -0.25) is 9.89 Å². The van der Waals surface area contributed by atoms with E-state index in [0.717, 1.165) is 0 Å². The van der Waals surface area contributed by atoms with Crippen molar-refractivity contribution in [2.75, 3.05) is 13.1 Å². The molecule has 3 unspecified atom stereocenters. The van der Waals surface area contributed by atoms with Crippen molar-refractivity contribution in [3.05, 3.63) is 17.0 Å². The molecule has 0 saturated carbocycles. The minimum Gasteiger partial charge on any atom is -0.391 e. The zero-order valence-corrected chi connectivity index (χ0v) is 12.9. The number of aliphatic hydroxyl groups is 1. The Bertz CT molecular complexity index is 599. The van der Waals surface area contributed by atoms with Crippen LogP contribution >= 0.6 is 0 Å². The van der Waals surface area contributed by atoms with Crippen LogP contribution in [0.1, 0.15) is 36.7 Å². The number of piperidine rings is 1. The second kappa shape index (κ2) is 5.81. The molecule has 1 aliphatic heterocycles. The maximum absolute atomic E-state index is 13.0. The zero-order valence-electron chi connectivity index (χ0n) is 12.9. The SMILES string of the molecule is CC1CCN(C(=O)C2CCc3[nH]nc(C(F)(F)F)c3C2)CC1O. The van der Waals surface area contributed by atoms with E-state index >= 15 is 0 Å². The summed E-state index contributed by atoms with van der Waals surface area (Å²) in [6, 6.07) is 0. The number of likely N-dealkylation sites (tertiary alicyclic amines) is 1. The number of nitrogens with zero attached hydrogens (tertiary/aromatic N) is 2. The summed E-state index contributed by atoms with van der Waals surface area (Å²) < 4.78 is 38.9. The summed E-state index contributed by atoms with van der Waals surface area (Å²) in [5.74, 6) is -0.486. The molecule has 0 spiro atoms. The Kier molecular flexibility index (Phi) is 4.12. The number of fused-ring (bicyclic) bond motifs is 1. The molecular weight excluding hydrogens is 311 g/mol. The molecule has 128 valence electrons. The molecule has 0 radical (unpaired) electrons. The number of halogens is 3. The van der Waals surface area contributed by atoms with Crippen molar-refractivity contribution in [2.24, 2.45) is 11.8 Å². The molecule has 2 heterocycles. The molecule has 1 fully saturated rings. The maximum Gasteiger partial charge on any atom is 0.435 e. The molecule has 1 aromatic rings. The number of hydrogen-bond acceptors (Lipinski definition) is 3. The second-order valence-corrected chi connectivity index (χ2v) is 6.58. The van der Waals surface area contributed by atoms with E-state index in [1.54, 1.807) is 4.90 Å². The van der Waals surface area contributed by atoms with Crippen LogP contribution in [0, 0.1) is 11.8 Å². The number of aliphatic hydroxyl groups excluding tert-OH is 1. The number of H-pyrrole nitrogens is 1. The van der Waals surface area contributed by atoms with Crippen molar-refractivity contribution in [3.8, 4) is 0 Å². The van der Waals surface area contributed by atoms with Crippen LogP contribution in [0.25, 0.3) is 0 Å². The standard InChI is InChI=1S/C15H20F3N3O2/c1-8-4-5-21(7-12(8)22)14(23)9-2-3-11-10(6-9)13(20-19-11)15(16,17)18/h8-9,12,22H,2-7H2,1H3,(H,19,20). The fourth-order valence-electron chi connectivity index (χ4n) is 3.45. The Morgan fingerprint density at radius 2 is 2.13 bits per heavy atom. The highest BCUT2D eigenvalue weighted by Gasteiger charge is 2.41. The van der Waals surface area contributed by atoms with Gasteiger partial charge < -0.3 is 10.0 Å². The molecule has 23 heavy (non-hydrogen) atoms. The third-order valence-electron chi connectivity index (χ3n) is 4.99. The smallest absolute Gasteiger partial charge is 0.391 e. The Morgan fingerprint density at radius 3 is 2.78 bits per heavy atom. The first-order valence-corrected chi connectivity index (χ1v) is 7.87. The topological polar surface area (TPSA) is 69.2 Å². The number of alkyl halides is 3. The average Bonchev–Trinajstić information content (AvgIpc) is 2.92. The van der Waals surface area contributed by atoms with E-state index in [1.165, 1.54) is 0 Å². The van der Waals surface area contributed by atoms with Gasteiger partial charge >= 0.3 is 6.18 Å². The van der Waals surface area contributed by atoms with Gasteiger partial charge in [0, 0.05) is 30.3 Å². The average molecular weight is 331 g/mol. The van der Waals surface area contributed by atoms with E-state index in [2.05, 4.69) is 10.2 Å². The molecule has 5 nitrogen and oxygen atoms in total. The van der Waals surface area contributed by atoms with E-state index in [4.69, 9.17) is 0 Å². The molecule has 2 aliphatic rings. The Labute approximate surface area is 131 Å². The minimum atomic E-state index is -4.51. The fourth-order valence-corrected chi connectivity index (χ4v) is 3.45. The molecule has 1 aromatic heterocycles. The molecule has 1 aliphatic carbocycles. The third kappa shape index (κ3) is 3.08. The Balaban J connectivity index is 1.74. The van der Waals surface area contributed by atoms with Crippen LogP contribution in [0.3, 0.4) is 0 Å². The number of rotatable bonds is 1. The van der Waals surface area contributed by atoms with E-state index in [1.807, 2.05) is 6.92 Å². The highest BCUT2D eigenvalue weighted by Crippen LogP contribution is 2.36. The Morgan fingerprint density at radius 1 is 1.39 bits per heavy atom. The van der Waals surface area contributed by atoms with E-state index < -0.39 is 23.9 Å². The molecule has 2 N–H and O–H groups in total. The van der Waals surface area contributed by atoms with Gasteiger partial charge in [0.05, 0.1) is 6.10 Å². The van der Waals surface area contributed by atoms with Gasteiger partial charge in [0.25, 0.3) is 0 Å². The summed E-state index contributed by atoms with van der Waals surface area (Å²) in [6.07, 6.45) is -3.40. The predicted octanol–water partition coefficient (Wildman–Crippen LogP) is 1.76. The van der Waals surface area contributed by atoms with Gasteiger partial charge in [-0.15, -0.1) is 0 Å². The summed E-state index contributed by atoms with van der Waals surface area (Å²) >= 11 is 0. The van der Waals surface area contributed by atoms with Gasteiger partial charge in [0.15, 0.2) is 5.69 Å². The van der Waals surface area contributed by atoms with Crippen LogP contribution in [0.4, 0.5) is 13.2 Å². The molecule has 1 amide bonds. The number of carbonyl (C=O) groups is 1. The van der Waals surface area contributed by atoms with Crippen LogP contribution in [0.2, 0.25) is 0 Å². The Hall–Kier alpha value is -1.57. The lowest BCUT2D eigenvalue weighted by atomic mass is 9.84. The zero-order chi connectivity index (χ0) is 16.8. The van der Waals surface area contributed by atoms with E-state index in [0.29, 0.717) is 31.5 Å². The van der Waals surface area contributed by atoms with Gasteiger partial charge in [-0.25, -0.2) is 0 Å². The van der Waals surface area contributed by atoms with Crippen molar-refractivity contribution in [1.82, 2.24) is 15.1 Å². The second-order valence-electron chi connectivity index (χ2n) is 6.58. The van der Waals surface area contributed by atoms with Crippen molar-refractivity contribution < 1.29 is 23.1 Å². The van der Waals surface area contributed by atoms with Crippen LogP contribution in [-0.4, -0.2) is 45.3 Å². The number of hydrogen-bond donors (Lipinski definition) is 2. The molecule has 1 saturated heterocycles. The van der Waals surface area contributed by atoms with Crippen molar-refractivity contribution in [1.29, 1.82) is 0 Å². The number of amides is 1. The quantitative estimate of drug-likeness (QED) is 0.824. The lowest BCUT2D eigenvalue weighted by Gasteiger charge is -2.37. The lowest BCUT2D eigenvalue weighted by molar-refractivity contribution is -0.144. The number of aromatic amines is 1. The normalized spacial score (nSPS) is 28.6. The van der Waals surface area contributed by atoms with Crippen LogP contribution in [-0.2, 0) is 23.8 Å². The van der Waals surface area contributed by atoms with Crippen molar-refractivity contribution in [2.45, 2.75) is 44.9 Å². The molecule has 3 atom stereocenters. The van der Waals surface area contributed by atoms with Crippen LogP contribution in [0.15, 0.2) is 0 Å². The molecule has 0 bridgehead atoms. The number of aromatic nitrogens is 2. The first-order valence-electron chi connectivity index (χ1n) is 7.87. The van der Waals surface area contributed by atoms with Crippen molar-refractivity contribution in [3.63, 3.8) is 0 Å². The summed E-state index contributed by atoms with van der Waals surface area (Å²) in [5, 5.41) is 15.7. The molecule has 8 heteroatoms. The largest absolute Gasteiger partial charge is 0.435 e. The highest BCUT2D eigenvalue weighted by molar-refractivity contribution is 5.79. The predicted molar refractivity (Wildman–Crippen MR) is 75.5 cm³/mol. The summed E-state index contributed by atoms with van der Waals surface area (Å²) in [6.45, 7) is 2.75. The fraction of sp³-hybridized carbons (Fsp3) is 0.733. The monoisotopic (exact) mass is 331 g/mol. The summed E-state index contributed by atoms with van der Waals surface area (Å²) in [7, 11) is 0. The van der Waals surface area contributed by atoms with E-state index in [-0.39, 0.29) is 30.4 Å². The van der Waals surface area contributed by atoms with Gasteiger partial charge in [-0.05, 0) is 31.6 Å².